The van der Waals surface area contributed by atoms with E-state index in [1.165, 1.54) is 12.0 Å². The standard InChI is InChI=1S/C29H43NO4/c1-16-8-11-29(30-15-16)17(2)26-24(34-29)13-23-21-7-6-19-12-20(32)9-10-27(19,4)22(21)14-25(28(23,26)5)33-18(3)31/h12,16-17,21-26,30H,6-11,13-15H2,1-5H3/t16-,17-,21+,22-,23-,24-,25+,26-,27-,28+,29-/m0/s1. The van der Waals surface area contributed by atoms with E-state index in [2.05, 4.69) is 33.0 Å². The number of carbonyl (C=O) groups is 2. The first kappa shape index (κ1) is 23.2. The summed E-state index contributed by atoms with van der Waals surface area (Å²) in [6.45, 7) is 12.1. The summed E-state index contributed by atoms with van der Waals surface area (Å²) in [6, 6.07) is 0. The van der Waals surface area contributed by atoms with E-state index in [4.69, 9.17) is 9.47 Å². The fourth-order valence-corrected chi connectivity index (χ4v) is 10.1. The topological polar surface area (TPSA) is 64.6 Å². The van der Waals surface area contributed by atoms with Gasteiger partial charge in [-0.3, -0.25) is 14.9 Å². The summed E-state index contributed by atoms with van der Waals surface area (Å²) in [4.78, 5) is 24.6. The quantitative estimate of drug-likeness (QED) is 0.545. The second kappa shape index (κ2) is 7.65. The van der Waals surface area contributed by atoms with E-state index < -0.39 is 0 Å². The number of nitrogens with one attached hydrogen (secondary N) is 1. The summed E-state index contributed by atoms with van der Waals surface area (Å²) in [6.07, 6.45) is 10.2. The number of rotatable bonds is 1. The van der Waals surface area contributed by atoms with Crippen LogP contribution in [0.5, 0.6) is 0 Å². The van der Waals surface area contributed by atoms with Gasteiger partial charge in [-0.15, -0.1) is 0 Å². The van der Waals surface area contributed by atoms with Gasteiger partial charge in [-0.1, -0.05) is 33.3 Å². The molecule has 1 spiro atoms. The molecule has 0 aromatic carbocycles. The highest BCUT2D eigenvalue weighted by atomic mass is 16.5. The predicted molar refractivity (Wildman–Crippen MR) is 130 cm³/mol. The van der Waals surface area contributed by atoms with E-state index in [0.29, 0.717) is 47.7 Å². The van der Waals surface area contributed by atoms with Crippen molar-refractivity contribution in [1.82, 2.24) is 5.32 Å². The SMILES string of the molecule is CC(=O)O[C@@H]1C[C@H]2[C@@H](CCC3=CC(=O)CC[C@@]32C)[C@@H]2C[C@@H]3O[C@@]4(CC[C@H](C)CN4)[C@@H](C)[C@@H]3[C@@]12C. The first-order valence-corrected chi connectivity index (χ1v) is 13.9. The van der Waals surface area contributed by atoms with Crippen molar-refractivity contribution in [3.05, 3.63) is 11.6 Å². The molecule has 5 heteroatoms. The van der Waals surface area contributed by atoms with Crippen molar-refractivity contribution < 1.29 is 19.1 Å². The molecule has 2 heterocycles. The van der Waals surface area contributed by atoms with Gasteiger partial charge in [0.05, 0.1) is 6.10 Å². The molecule has 3 saturated carbocycles. The summed E-state index contributed by atoms with van der Waals surface area (Å²) in [5.41, 5.74) is 1.14. The van der Waals surface area contributed by atoms with Crippen LogP contribution in [-0.2, 0) is 19.1 Å². The van der Waals surface area contributed by atoms with Gasteiger partial charge in [0, 0.05) is 37.1 Å². The molecule has 2 saturated heterocycles. The average Bonchev–Trinajstić information content (AvgIpc) is 3.23. The third kappa shape index (κ3) is 3.04. The van der Waals surface area contributed by atoms with Crippen molar-refractivity contribution in [2.75, 3.05) is 6.54 Å². The number of hydrogen-bond donors (Lipinski definition) is 1. The fraction of sp³-hybridized carbons (Fsp3) is 0.862. The van der Waals surface area contributed by atoms with Crippen molar-refractivity contribution in [3.8, 4) is 0 Å². The fourth-order valence-electron chi connectivity index (χ4n) is 10.1. The smallest absolute Gasteiger partial charge is 0.302 e. The van der Waals surface area contributed by atoms with Gasteiger partial charge < -0.3 is 9.47 Å². The lowest BCUT2D eigenvalue weighted by atomic mass is 9.45. The number of fused-ring (bicyclic) bond motifs is 7. The van der Waals surface area contributed by atoms with Crippen LogP contribution < -0.4 is 5.32 Å². The average molecular weight is 470 g/mol. The van der Waals surface area contributed by atoms with Gasteiger partial charge >= 0.3 is 5.97 Å². The zero-order chi connectivity index (χ0) is 24.0. The van der Waals surface area contributed by atoms with Crippen molar-refractivity contribution in [1.29, 1.82) is 0 Å². The summed E-state index contributed by atoms with van der Waals surface area (Å²) >= 11 is 0. The van der Waals surface area contributed by atoms with Gasteiger partial charge in [-0.2, -0.15) is 0 Å². The molecule has 5 fully saturated rings. The largest absolute Gasteiger partial charge is 0.462 e. The highest BCUT2D eigenvalue weighted by Crippen LogP contribution is 2.71. The van der Waals surface area contributed by atoms with Gasteiger partial charge in [-0.05, 0) is 80.1 Å². The van der Waals surface area contributed by atoms with Crippen LogP contribution in [0.15, 0.2) is 11.6 Å². The van der Waals surface area contributed by atoms with E-state index in [9.17, 15) is 9.59 Å². The molecule has 0 aromatic rings. The number of piperidine rings is 1. The van der Waals surface area contributed by atoms with Crippen molar-refractivity contribution in [3.63, 3.8) is 0 Å². The van der Waals surface area contributed by atoms with E-state index in [0.717, 1.165) is 45.1 Å². The lowest BCUT2D eigenvalue weighted by Gasteiger charge is -2.60. The van der Waals surface area contributed by atoms with Gasteiger partial charge in [0.15, 0.2) is 5.78 Å². The summed E-state index contributed by atoms with van der Waals surface area (Å²) in [5, 5.41) is 3.83. The minimum absolute atomic E-state index is 0.0585. The molecule has 5 nitrogen and oxygen atoms in total. The molecule has 0 aromatic heterocycles. The molecular formula is C29H43NO4. The van der Waals surface area contributed by atoms with Crippen molar-refractivity contribution >= 4 is 11.8 Å². The lowest BCUT2D eigenvalue weighted by Crippen LogP contribution is -2.60. The number of carbonyl (C=O) groups excluding carboxylic acids is 2. The second-order valence-electron chi connectivity index (χ2n) is 13.3. The Morgan fingerprint density at radius 1 is 1.12 bits per heavy atom. The number of ether oxygens (including phenoxy) is 2. The number of allylic oxidation sites excluding steroid dienone is 1. The Labute approximate surface area is 204 Å². The second-order valence-corrected chi connectivity index (χ2v) is 13.3. The third-order valence-corrected chi connectivity index (χ3v) is 11.8. The van der Waals surface area contributed by atoms with Gasteiger partial charge in [-0.25, -0.2) is 0 Å². The minimum Gasteiger partial charge on any atom is -0.462 e. The zero-order valence-corrected chi connectivity index (χ0v) is 21.7. The van der Waals surface area contributed by atoms with Crippen LogP contribution >= 0.6 is 0 Å². The first-order valence-electron chi connectivity index (χ1n) is 13.9. The van der Waals surface area contributed by atoms with Crippen molar-refractivity contribution in [2.24, 2.45) is 46.3 Å². The normalized spacial score (nSPS) is 54.0. The molecule has 0 unspecified atom stereocenters. The Bertz CT molecular complexity index is 919. The maximum Gasteiger partial charge on any atom is 0.302 e. The number of hydrogen-bond acceptors (Lipinski definition) is 5. The monoisotopic (exact) mass is 469 g/mol. The molecule has 0 radical (unpaired) electrons. The molecule has 11 atom stereocenters. The van der Waals surface area contributed by atoms with Crippen LogP contribution in [0.1, 0.15) is 86.0 Å². The van der Waals surface area contributed by atoms with E-state index in [1.54, 1.807) is 6.92 Å². The van der Waals surface area contributed by atoms with Gasteiger partial charge in [0.1, 0.15) is 11.8 Å². The first-order chi connectivity index (χ1) is 16.1. The number of ketones is 1. The Balaban J connectivity index is 1.37. The van der Waals surface area contributed by atoms with Crippen LogP contribution in [0.2, 0.25) is 0 Å². The molecule has 0 amide bonds. The Morgan fingerprint density at radius 3 is 2.62 bits per heavy atom. The summed E-state index contributed by atoms with van der Waals surface area (Å²) < 4.78 is 13.3. The predicted octanol–water partition coefficient (Wildman–Crippen LogP) is 5.04. The van der Waals surface area contributed by atoms with Crippen LogP contribution in [-0.4, -0.2) is 36.2 Å². The van der Waals surface area contributed by atoms with Crippen LogP contribution in [0.4, 0.5) is 0 Å². The molecule has 6 rings (SSSR count). The van der Waals surface area contributed by atoms with E-state index in [-0.39, 0.29) is 34.7 Å². The maximum atomic E-state index is 12.4. The van der Waals surface area contributed by atoms with Gasteiger partial charge in [0.2, 0.25) is 0 Å². The summed E-state index contributed by atoms with van der Waals surface area (Å²) in [7, 11) is 0. The molecular weight excluding hydrogens is 426 g/mol. The molecule has 0 bridgehead atoms. The molecule has 4 aliphatic carbocycles. The van der Waals surface area contributed by atoms with Crippen LogP contribution in [0.25, 0.3) is 0 Å². The third-order valence-electron chi connectivity index (χ3n) is 11.8. The summed E-state index contributed by atoms with van der Waals surface area (Å²) in [5.74, 6) is 3.22. The lowest BCUT2D eigenvalue weighted by molar-refractivity contribution is -0.183. The zero-order valence-electron chi connectivity index (χ0n) is 21.7. The highest BCUT2D eigenvalue weighted by molar-refractivity contribution is 5.91. The Hall–Kier alpha value is -1.20. The van der Waals surface area contributed by atoms with Crippen molar-refractivity contribution in [2.45, 2.75) is 104 Å². The molecule has 1 N–H and O–H groups in total. The molecule has 34 heavy (non-hydrogen) atoms. The van der Waals surface area contributed by atoms with Crippen LogP contribution in [0, 0.1) is 46.3 Å². The van der Waals surface area contributed by atoms with Gasteiger partial charge in [0.25, 0.3) is 0 Å². The highest BCUT2D eigenvalue weighted by Gasteiger charge is 2.71. The maximum absolute atomic E-state index is 12.4. The number of esters is 1. The molecule has 6 aliphatic rings. The Kier molecular flexibility index (Phi) is 5.22. The molecule has 2 aliphatic heterocycles. The van der Waals surface area contributed by atoms with E-state index >= 15 is 0 Å². The van der Waals surface area contributed by atoms with Crippen LogP contribution in [0.3, 0.4) is 0 Å². The Morgan fingerprint density at radius 2 is 1.91 bits per heavy atom. The van der Waals surface area contributed by atoms with E-state index in [1.807, 2.05) is 6.08 Å². The minimum atomic E-state index is -0.217. The molecule has 188 valence electrons.